The number of rotatable bonds is 3. The van der Waals surface area contributed by atoms with Crippen molar-refractivity contribution in [2.24, 2.45) is 24.1 Å². The fraction of sp³-hybridized carbons (Fsp3) is 0.533. The van der Waals surface area contributed by atoms with Gasteiger partial charge in [0.1, 0.15) is 0 Å². The Morgan fingerprint density at radius 3 is 2.78 bits per heavy atom. The molecule has 18 heavy (non-hydrogen) atoms. The summed E-state index contributed by atoms with van der Waals surface area (Å²) in [6, 6.07) is 8.61. The van der Waals surface area contributed by atoms with Gasteiger partial charge in [0.25, 0.3) is 0 Å². The van der Waals surface area contributed by atoms with E-state index in [1.807, 2.05) is 11.7 Å². The van der Waals surface area contributed by atoms with Crippen LogP contribution in [-0.2, 0) is 13.5 Å². The molecule has 0 amide bonds. The van der Waals surface area contributed by atoms with E-state index in [1.165, 1.54) is 17.3 Å². The summed E-state index contributed by atoms with van der Waals surface area (Å²) in [5.41, 5.74) is 9.10. The highest BCUT2D eigenvalue weighted by Gasteiger charge is 2.48. The summed E-state index contributed by atoms with van der Waals surface area (Å²) in [5, 5.41) is 5.87. The van der Waals surface area contributed by atoms with Gasteiger partial charge in [-0.15, -0.1) is 0 Å². The number of nitrogens with zero attached hydrogens (tertiary/aromatic N) is 2. The van der Waals surface area contributed by atoms with Crippen molar-refractivity contribution < 1.29 is 0 Å². The molecule has 3 nitrogen and oxygen atoms in total. The normalized spacial score (nSPS) is 23.2. The second-order valence-corrected chi connectivity index (χ2v) is 6.25. The number of para-hydroxylation sites is 1. The lowest BCUT2D eigenvalue weighted by Gasteiger charge is -2.12. The predicted octanol–water partition coefficient (Wildman–Crippen LogP) is 2.49. The molecule has 3 heteroatoms. The monoisotopic (exact) mass is 243 g/mol. The molecule has 1 aromatic carbocycles. The first-order valence-corrected chi connectivity index (χ1v) is 6.65. The van der Waals surface area contributed by atoms with E-state index >= 15 is 0 Å². The number of hydrogen-bond acceptors (Lipinski definition) is 2. The van der Waals surface area contributed by atoms with Gasteiger partial charge < -0.3 is 5.73 Å². The van der Waals surface area contributed by atoms with E-state index in [2.05, 4.69) is 43.2 Å². The van der Waals surface area contributed by atoms with Crippen molar-refractivity contribution in [2.45, 2.75) is 32.7 Å². The largest absolute Gasteiger partial charge is 0.327 e. The van der Waals surface area contributed by atoms with Crippen LogP contribution in [0.25, 0.3) is 10.9 Å². The zero-order valence-electron chi connectivity index (χ0n) is 11.4. The van der Waals surface area contributed by atoms with E-state index in [1.54, 1.807) is 0 Å². The van der Waals surface area contributed by atoms with Crippen LogP contribution in [0.2, 0.25) is 0 Å². The predicted molar refractivity (Wildman–Crippen MR) is 74.3 cm³/mol. The molecular weight excluding hydrogens is 222 g/mol. The van der Waals surface area contributed by atoms with Crippen LogP contribution in [0.4, 0.5) is 0 Å². The molecular formula is C15H21N3. The highest BCUT2D eigenvalue weighted by Crippen LogP contribution is 2.53. The van der Waals surface area contributed by atoms with Crippen LogP contribution in [0.15, 0.2) is 24.3 Å². The Hall–Kier alpha value is -1.35. The van der Waals surface area contributed by atoms with Crippen LogP contribution in [-0.4, -0.2) is 15.8 Å². The number of aromatic nitrogens is 2. The minimum Gasteiger partial charge on any atom is -0.327 e. The summed E-state index contributed by atoms with van der Waals surface area (Å²) in [5.74, 6) is 0.651. The minimum absolute atomic E-state index is 0.235. The van der Waals surface area contributed by atoms with Crippen molar-refractivity contribution in [3.63, 3.8) is 0 Å². The third-order valence-corrected chi connectivity index (χ3v) is 4.37. The maximum Gasteiger partial charge on any atom is 0.0718 e. The zero-order chi connectivity index (χ0) is 12.9. The molecule has 1 aliphatic rings. The Labute approximate surface area is 108 Å². The number of hydrogen-bond donors (Lipinski definition) is 1. The molecule has 0 spiro atoms. The molecule has 2 atom stereocenters. The topological polar surface area (TPSA) is 43.8 Å². The summed E-state index contributed by atoms with van der Waals surface area (Å²) in [4.78, 5) is 0. The van der Waals surface area contributed by atoms with E-state index in [0.29, 0.717) is 11.3 Å². The van der Waals surface area contributed by atoms with E-state index in [4.69, 9.17) is 5.73 Å². The van der Waals surface area contributed by atoms with Gasteiger partial charge in [-0.2, -0.15) is 5.10 Å². The van der Waals surface area contributed by atoms with Gasteiger partial charge in [0.05, 0.1) is 11.2 Å². The average molecular weight is 243 g/mol. The molecule has 2 N–H and O–H groups in total. The number of nitrogens with two attached hydrogens (primary N) is 1. The zero-order valence-corrected chi connectivity index (χ0v) is 11.4. The maximum absolute atomic E-state index is 6.34. The molecule has 0 aliphatic heterocycles. The van der Waals surface area contributed by atoms with Gasteiger partial charge in [0.15, 0.2) is 0 Å². The van der Waals surface area contributed by atoms with Crippen molar-refractivity contribution >= 4 is 10.9 Å². The fourth-order valence-electron chi connectivity index (χ4n) is 3.04. The van der Waals surface area contributed by atoms with Gasteiger partial charge in [-0.25, -0.2) is 0 Å². The Bertz CT molecular complexity index is 582. The van der Waals surface area contributed by atoms with Crippen LogP contribution >= 0.6 is 0 Å². The summed E-state index contributed by atoms with van der Waals surface area (Å²) >= 11 is 0. The van der Waals surface area contributed by atoms with E-state index < -0.39 is 0 Å². The smallest absolute Gasteiger partial charge is 0.0718 e. The molecule has 1 heterocycles. The molecule has 2 unspecified atom stereocenters. The number of benzene rings is 1. The molecule has 1 fully saturated rings. The molecule has 0 saturated heterocycles. The highest BCUT2D eigenvalue weighted by atomic mass is 15.3. The molecule has 1 aromatic heterocycles. The van der Waals surface area contributed by atoms with Crippen LogP contribution in [0.3, 0.4) is 0 Å². The lowest BCUT2D eigenvalue weighted by Crippen LogP contribution is -2.27. The second-order valence-electron chi connectivity index (χ2n) is 6.25. The quantitative estimate of drug-likeness (QED) is 0.900. The molecule has 2 aromatic rings. The number of aryl methyl sites for hydroxylation is 1. The van der Waals surface area contributed by atoms with Gasteiger partial charge in [-0.1, -0.05) is 32.0 Å². The van der Waals surface area contributed by atoms with Crippen LogP contribution in [0.5, 0.6) is 0 Å². The van der Waals surface area contributed by atoms with Crippen molar-refractivity contribution in [3.05, 3.63) is 30.0 Å². The van der Waals surface area contributed by atoms with Crippen molar-refractivity contribution in [2.75, 3.05) is 0 Å². The highest BCUT2D eigenvalue weighted by molar-refractivity contribution is 5.81. The second kappa shape index (κ2) is 3.82. The van der Waals surface area contributed by atoms with E-state index in [-0.39, 0.29) is 6.04 Å². The van der Waals surface area contributed by atoms with E-state index in [9.17, 15) is 0 Å². The third-order valence-electron chi connectivity index (χ3n) is 4.37. The van der Waals surface area contributed by atoms with Crippen molar-refractivity contribution in [1.29, 1.82) is 0 Å². The Balaban J connectivity index is 1.87. The summed E-state index contributed by atoms with van der Waals surface area (Å²) < 4.78 is 1.95. The minimum atomic E-state index is 0.235. The standard InChI is InChI=1S/C15H21N3/c1-15(2)9-11(15)12(16)8-13-10-6-4-5-7-14(10)18(3)17-13/h4-7,11-12H,8-9,16H2,1-3H3. The van der Waals surface area contributed by atoms with Crippen LogP contribution in [0, 0.1) is 11.3 Å². The first kappa shape index (κ1) is 11.7. The lowest BCUT2D eigenvalue weighted by molar-refractivity contribution is 0.473. The van der Waals surface area contributed by atoms with Crippen LogP contribution < -0.4 is 5.73 Å². The van der Waals surface area contributed by atoms with Crippen LogP contribution in [0.1, 0.15) is 26.0 Å². The lowest BCUT2D eigenvalue weighted by atomic mass is 9.99. The third kappa shape index (κ3) is 1.83. The summed E-state index contributed by atoms with van der Waals surface area (Å²) in [6.45, 7) is 4.60. The van der Waals surface area contributed by atoms with Gasteiger partial charge >= 0.3 is 0 Å². The van der Waals surface area contributed by atoms with Gasteiger partial charge in [0, 0.05) is 24.9 Å². The van der Waals surface area contributed by atoms with Crippen molar-refractivity contribution in [3.8, 4) is 0 Å². The van der Waals surface area contributed by atoms with Gasteiger partial charge in [0.2, 0.25) is 0 Å². The molecule has 1 aliphatic carbocycles. The average Bonchev–Trinajstić information content (AvgIpc) is 2.86. The summed E-state index contributed by atoms with van der Waals surface area (Å²) in [6.07, 6.45) is 2.13. The van der Waals surface area contributed by atoms with E-state index in [0.717, 1.165) is 12.1 Å². The Kier molecular flexibility index (Phi) is 2.49. The fourth-order valence-corrected chi connectivity index (χ4v) is 3.04. The maximum atomic E-state index is 6.34. The first-order chi connectivity index (χ1) is 8.49. The molecule has 1 saturated carbocycles. The Morgan fingerprint density at radius 2 is 2.11 bits per heavy atom. The number of fused-ring (bicyclic) bond motifs is 1. The molecule has 3 rings (SSSR count). The molecule has 0 bridgehead atoms. The summed E-state index contributed by atoms with van der Waals surface area (Å²) in [7, 11) is 2.00. The Morgan fingerprint density at radius 1 is 1.44 bits per heavy atom. The van der Waals surface area contributed by atoms with Gasteiger partial charge in [-0.3, -0.25) is 4.68 Å². The van der Waals surface area contributed by atoms with Gasteiger partial charge in [-0.05, 0) is 23.8 Å². The molecule has 0 radical (unpaired) electrons. The SMILES string of the molecule is Cn1nc(CC(N)C2CC2(C)C)c2ccccc21. The van der Waals surface area contributed by atoms with Crippen molar-refractivity contribution in [1.82, 2.24) is 9.78 Å². The first-order valence-electron chi connectivity index (χ1n) is 6.65. The molecule has 96 valence electrons.